The molecule has 0 unspecified atom stereocenters. The quantitative estimate of drug-likeness (QED) is 0.211. The summed E-state index contributed by atoms with van der Waals surface area (Å²) >= 11 is 1.45. The van der Waals surface area contributed by atoms with Gasteiger partial charge in [-0.25, -0.2) is 9.78 Å². The van der Waals surface area contributed by atoms with Crippen molar-refractivity contribution in [3.05, 3.63) is 46.7 Å². The van der Waals surface area contributed by atoms with Crippen LogP contribution in [0, 0.1) is 0 Å². The number of H-pyrrole nitrogens is 1. The summed E-state index contributed by atoms with van der Waals surface area (Å²) in [6.07, 6.45) is 9.00. The topological polar surface area (TPSA) is 128 Å². The SMILES string of the molecule is C=C(N[C@@H](CCN1CCCCC1)C(=O)NCCCCNC(=O)OCc1cncs1)N(C)Cc1cnc(C(C)C)[nH]1. The van der Waals surface area contributed by atoms with E-state index in [1.165, 1.54) is 30.6 Å². The molecule has 1 fully saturated rings. The lowest BCUT2D eigenvalue weighted by molar-refractivity contribution is -0.123. The van der Waals surface area contributed by atoms with Gasteiger partial charge < -0.3 is 35.5 Å². The van der Waals surface area contributed by atoms with Crippen molar-refractivity contribution in [3.8, 4) is 0 Å². The fourth-order valence-corrected chi connectivity index (χ4v) is 4.96. The minimum Gasteiger partial charge on any atom is -0.444 e. The van der Waals surface area contributed by atoms with Crippen molar-refractivity contribution in [2.45, 2.75) is 77.5 Å². The van der Waals surface area contributed by atoms with Crippen molar-refractivity contribution in [3.63, 3.8) is 0 Å². The zero-order valence-electron chi connectivity index (χ0n) is 24.2. The van der Waals surface area contributed by atoms with Gasteiger partial charge in [-0.3, -0.25) is 9.78 Å². The van der Waals surface area contributed by atoms with Gasteiger partial charge in [-0.05, 0) is 45.2 Å². The lowest BCUT2D eigenvalue weighted by Crippen LogP contribution is -2.48. The summed E-state index contributed by atoms with van der Waals surface area (Å²) in [6, 6.07) is -0.385. The standard InChI is InChI=1S/C28H46N8O3S/c1-21(2)26-32-16-23(34-26)18-35(4)22(3)33-25(10-15-36-13-8-5-9-14-36)27(37)30-11-6-7-12-31-28(38)39-19-24-17-29-20-40-24/h16-17,20-21,25,33H,3,5-15,18-19H2,1-2,4H3,(H,30,37)(H,31,38)(H,32,34)/t25-/m0/s1. The van der Waals surface area contributed by atoms with Crippen LogP contribution in [-0.2, 0) is 22.7 Å². The van der Waals surface area contributed by atoms with Crippen LogP contribution in [0.5, 0.6) is 0 Å². The third-order valence-corrected chi connectivity index (χ3v) is 7.66. The molecule has 0 radical (unpaired) electrons. The molecule has 1 saturated heterocycles. The normalized spacial score (nSPS) is 14.5. The molecule has 3 rings (SSSR count). The van der Waals surface area contributed by atoms with E-state index in [0.29, 0.717) is 37.8 Å². The number of unbranched alkanes of at least 4 members (excludes halogenated alkanes) is 1. The summed E-state index contributed by atoms with van der Waals surface area (Å²) in [7, 11) is 1.96. The summed E-state index contributed by atoms with van der Waals surface area (Å²) in [5.74, 6) is 1.96. The second-order valence-corrected chi connectivity index (χ2v) is 11.6. The highest BCUT2D eigenvalue weighted by Crippen LogP contribution is 2.13. The molecule has 0 aliphatic carbocycles. The lowest BCUT2D eigenvalue weighted by atomic mass is 10.1. The van der Waals surface area contributed by atoms with Crippen LogP contribution in [0.25, 0.3) is 0 Å². The van der Waals surface area contributed by atoms with E-state index in [2.05, 4.69) is 56.2 Å². The average molecular weight is 575 g/mol. The van der Waals surface area contributed by atoms with E-state index in [4.69, 9.17) is 4.74 Å². The van der Waals surface area contributed by atoms with Crippen molar-refractivity contribution < 1.29 is 14.3 Å². The Kier molecular flexibility index (Phi) is 13.2. The number of thiazole rings is 1. The van der Waals surface area contributed by atoms with Crippen molar-refractivity contribution in [1.29, 1.82) is 0 Å². The van der Waals surface area contributed by atoms with Crippen LogP contribution in [0.4, 0.5) is 4.79 Å². The Bertz CT molecular complexity index is 1040. The smallest absolute Gasteiger partial charge is 0.407 e. The van der Waals surface area contributed by atoms with Crippen LogP contribution >= 0.6 is 11.3 Å². The molecule has 0 saturated carbocycles. The van der Waals surface area contributed by atoms with Crippen LogP contribution in [-0.4, -0.2) is 82.6 Å². The first-order valence-corrected chi connectivity index (χ1v) is 15.2. The van der Waals surface area contributed by atoms with Gasteiger partial charge in [0.1, 0.15) is 18.5 Å². The predicted molar refractivity (Wildman–Crippen MR) is 158 cm³/mol. The first kappa shape index (κ1) is 31.4. The maximum Gasteiger partial charge on any atom is 0.407 e. The minimum atomic E-state index is -0.447. The van der Waals surface area contributed by atoms with Gasteiger partial charge in [0.05, 0.1) is 34.6 Å². The maximum atomic E-state index is 13.2. The highest BCUT2D eigenvalue weighted by molar-refractivity contribution is 7.09. The molecule has 0 bridgehead atoms. The third-order valence-electron chi connectivity index (χ3n) is 6.90. The molecule has 2 aromatic rings. The van der Waals surface area contributed by atoms with Gasteiger partial charge in [-0.1, -0.05) is 26.8 Å². The molecule has 3 heterocycles. The Morgan fingerprint density at radius 3 is 2.60 bits per heavy atom. The zero-order valence-corrected chi connectivity index (χ0v) is 25.0. The van der Waals surface area contributed by atoms with Crippen molar-refractivity contribution >= 4 is 23.3 Å². The molecule has 11 nitrogen and oxygen atoms in total. The Morgan fingerprint density at radius 2 is 1.93 bits per heavy atom. The highest BCUT2D eigenvalue weighted by Gasteiger charge is 2.22. The number of aromatic nitrogens is 3. The highest BCUT2D eigenvalue weighted by atomic mass is 32.1. The lowest BCUT2D eigenvalue weighted by Gasteiger charge is -2.30. The Balaban J connectivity index is 1.40. The number of rotatable bonds is 17. The Labute approximate surface area is 242 Å². The molecule has 1 aliphatic rings. The van der Waals surface area contributed by atoms with Gasteiger partial charge in [-0.15, -0.1) is 11.3 Å². The minimum absolute atomic E-state index is 0.0351. The second-order valence-electron chi connectivity index (χ2n) is 10.6. The van der Waals surface area contributed by atoms with Crippen molar-refractivity contribution in [1.82, 2.24) is 40.7 Å². The van der Waals surface area contributed by atoms with E-state index in [-0.39, 0.29) is 18.6 Å². The number of carbonyl (C=O) groups excluding carboxylic acids is 2. The van der Waals surface area contributed by atoms with Gasteiger partial charge in [0.25, 0.3) is 0 Å². The van der Waals surface area contributed by atoms with Gasteiger partial charge in [0.15, 0.2) is 0 Å². The summed E-state index contributed by atoms with van der Waals surface area (Å²) in [4.78, 5) is 42.1. The zero-order chi connectivity index (χ0) is 28.7. The molecular weight excluding hydrogens is 528 g/mol. The summed E-state index contributed by atoms with van der Waals surface area (Å²) < 4.78 is 5.17. The number of nitrogens with zero attached hydrogens (tertiary/aromatic N) is 4. The maximum absolute atomic E-state index is 13.2. The number of alkyl carbamates (subject to hydrolysis) is 1. The van der Waals surface area contributed by atoms with Gasteiger partial charge >= 0.3 is 6.09 Å². The number of hydrogen-bond acceptors (Lipinski definition) is 9. The summed E-state index contributed by atoms with van der Waals surface area (Å²) in [5, 5.41) is 9.19. The number of carbonyl (C=O) groups is 2. The molecule has 0 aromatic carbocycles. The first-order valence-electron chi connectivity index (χ1n) is 14.3. The number of hydrogen-bond donors (Lipinski definition) is 4. The van der Waals surface area contributed by atoms with E-state index in [9.17, 15) is 9.59 Å². The Hall–Kier alpha value is -3.12. The molecule has 2 aromatic heterocycles. The molecule has 1 atom stereocenters. The van der Waals surface area contributed by atoms with E-state index in [0.717, 1.165) is 48.9 Å². The van der Waals surface area contributed by atoms with Gasteiger partial charge in [0.2, 0.25) is 5.91 Å². The summed E-state index contributed by atoms with van der Waals surface area (Å²) in [6.45, 7) is 13.3. The number of imidazole rings is 1. The molecule has 222 valence electrons. The van der Waals surface area contributed by atoms with E-state index in [1.54, 1.807) is 11.7 Å². The number of ether oxygens (including phenoxy) is 1. The molecule has 4 N–H and O–H groups in total. The van der Waals surface area contributed by atoms with Crippen molar-refractivity contribution in [2.24, 2.45) is 0 Å². The molecule has 1 aliphatic heterocycles. The Morgan fingerprint density at radius 1 is 1.18 bits per heavy atom. The van der Waals surface area contributed by atoms with Gasteiger partial charge in [-0.2, -0.15) is 0 Å². The van der Waals surface area contributed by atoms with Crippen LogP contribution in [0.3, 0.4) is 0 Å². The monoisotopic (exact) mass is 574 g/mol. The van der Waals surface area contributed by atoms with Gasteiger partial charge in [0, 0.05) is 38.8 Å². The molecular formula is C28H46N8O3S. The van der Waals surface area contributed by atoms with E-state index in [1.807, 2.05) is 18.1 Å². The predicted octanol–water partition coefficient (Wildman–Crippen LogP) is 3.55. The molecule has 2 amide bonds. The largest absolute Gasteiger partial charge is 0.444 e. The fraction of sp³-hybridized carbons (Fsp3) is 0.643. The molecule has 0 spiro atoms. The second kappa shape index (κ2) is 16.9. The number of piperidine rings is 1. The van der Waals surface area contributed by atoms with Crippen LogP contribution in [0.1, 0.15) is 74.7 Å². The number of nitrogens with one attached hydrogen (secondary N) is 4. The third kappa shape index (κ3) is 11.2. The summed E-state index contributed by atoms with van der Waals surface area (Å²) in [5.41, 5.74) is 2.71. The van der Waals surface area contributed by atoms with Crippen molar-refractivity contribution in [2.75, 3.05) is 39.8 Å². The van der Waals surface area contributed by atoms with Crippen LogP contribution < -0.4 is 16.0 Å². The molecule has 12 heteroatoms. The van der Waals surface area contributed by atoms with E-state index < -0.39 is 6.09 Å². The number of likely N-dealkylation sites (tertiary alicyclic amines) is 1. The number of aromatic amines is 1. The fourth-order valence-electron chi connectivity index (χ4n) is 4.45. The number of amides is 2. The van der Waals surface area contributed by atoms with Crippen LogP contribution in [0.15, 0.2) is 30.3 Å². The molecule has 40 heavy (non-hydrogen) atoms. The average Bonchev–Trinajstić information content (AvgIpc) is 3.64. The van der Waals surface area contributed by atoms with E-state index >= 15 is 0 Å². The first-order chi connectivity index (χ1) is 19.3. The van der Waals surface area contributed by atoms with Crippen LogP contribution in [0.2, 0.25) is 0 Å².